The highest BCUT2D eigenvalue weighted by molar-refractivity contribution is 6.30. The van der Waals surface area contributed by atoms with E-state index in [1.165, 1.54) is 6.33 Å². The Bertz CT molecular complexity index is 457. The van der Waals surface area contributed by atoms with Crippen molar-refractivity contribution in [2.45, 2.75) is 12.5 Å². The molecular weight excluding hydrogens is 238 g/mol. The number of rotatable bonds is 5. The monoisotopic (exact) mass is 251 g/mol. The molecule has 17 heavy (non-hydrogen) atoms. The van der Waals surface area contributed by atoms with Crippen LogP contribution in [0.4, 0.5) is 0 Å². The standard InChI is InChI=1S/C11H14ClN5/c1-13-6-5-11(17-15-8-14-16-17)9-3-2-4-10(12)7-9/h2-4,7-8,11,13H,5-6H2,1H3. The molecule has 0 saturated heterocycles. The molecule has 0 aliphatic carbocycles. The third-order valence-corrected chi connectivity index (χ3v) is 2.78. The summed E-state index contributed by atoms with van der Waals surface area (Å²) in [6, 6.07) is 7.81. The quantitative estimate of drug-likeness (QED) is 0.876. The van der Waals surface area contributed by atoms with Crippen LogP contribution in [-0.2, 0) is 0 Å². The number of hydrogen-bond acceptors (Lipinski definition) is 4. The van der Waals surface area contributed by atoms with Crippen molar-refractivity contribution in [3.05, 3.63) is 41.2 Å². The van der Waals surface area contributed by atoms with Crippen LogP contribution in [0, 0.1) is 0 Å². The van der Waals surface area contributed by atoms with E-state index >= 15 is 0 Å². The fourth-order valence-corrected chi connectivity index (χ4v) is 1.93. The van der Waals surface area contributed by atoms with Gasteiger partial charge in [0, 0.05) is 5.02 Å². The fraction of sp³-hybridized carbons (Fsp3) is 0.364. The van der Waals surface area contributed by atoms with Gasteiger partial charge < -0.3 is 5.32 Å². The minimum atomic E-state index is 0.0589. The Morgan fingerprint density at radius 2 is 2.35 bits per heavy atom. The molecule has 2 rings (SSSR count). The van der Waals surface area contributed by atoms with Gasteiger partial charge in [-0.1, -0.05) is 23.7 Å². The van der Waals surface area contributed by atoms with Gasteiger partial charge in [-0.05, 0) is 42.9 Å². The first kappa shape index (κ1) is 12.0. The maximum atomic E-state index is 6.00. The second-order valence-electron chi connectivity index (χ2n) is 3.72. The zero-order valence-corrected chi connectivity index (χ0v) is 10.3. The molecule has 0 saturated carbocycles. The van der Waals surface area contributed by atoms with Crippen molar-refractivity contribution >= 4 is 11.6 Å². The summed E-state index contributed by atoms with van der Waals surface area (Å²) in [6.07, 6.45) is 2.32. The average molecular weight is 252 g/mol. The zero-order valence-electron chi connectivity index (χ0n) is 9.55. The van der Waals surface area contributed by atoms with Gasteiger partial charge in [-0.15, -0.1) is 10.2 Å². The van der Waals surface area contributed by atoms with Gasteiger partial charge in [0.05, 0.1) is 6.04 Å². The molecule has 0 fully saturated rings. The van der Waals surface area contributed by atoms with Gasteiger partial charge in [-0.25, -0.2) is 0 Å². The van der Waals surface area contributed by atoms with Crippen LogP contribution in [0.15, 0.2) is 30.6 Å². The van der Waals surface area contributed by atoms with Crippen molar-refractivity contribution < 1.29 is 0 Å². The summed E-state index contributed by atoms with van der Waals surface area (Å²) in [6.45, 7) is 0.874. The third kappa shape index (κ3) is 3.01. The Labute approximate surface area is 105 Å². The molecule has 0 radical (unpaired) electrons. The highest BCUT2D eigenvalue weighted by Gasteiger charge is 2.15. The molecule has 1 N–H and O–H groups in total. The molecule has 0 aliphatic rings. The summed E-state index contributed by atoms with van der Waals surface area (Å²) in [5, 5.41) is 15.6. The Hall–Kier alpha value is -1.46. The molecule has 0 spiro atoms. The lowest BCUT2D eigenvalue weighted by atomic mass is 10.0. The molecule has 0 amide bonds. The molecule has 1 aromatic carbocycles. The summed E-state index contributed by atoms with van der Waals surface area (Å²) in [5.74, 6) is 0. The lowest BCUT2D eigenvalue weighted by molar-refractivity contribution is 0.422. The Balaban J connectivity index is 2.27. The number of nitrogens with zero attached hydrogens (tertiary/aromatic N) is 4. The molecule has 0 bridgehead atoms. The van der Waals surface area contributed by atoms with E-state index in [0.717, 1.165) is 23.6 Å². The second-order valence-corrected chi connectivity index (χ2v) is 4.16. The van der Waals surface area contributed by atoms with Gasteiger partial charge in [-0.3, -0.25) is 0 Å². The van der Waals surface area contributed by atoms with Crippen molar-refractivity contribution in [2.24, 2.45) is 0 Å². The molecule has 5 nitrogen and oxygen atoms in total. The van der Waals surface area contributed by atoms with E-state index < -0.39 is 0 Å². The van der Waals surface area contributed by atoms with Crippen LogP contribution in [-0.4, -0.2) is 33.8 Å². The van der Waals surface area contributed by atoms with Crippen molar-refractivity contribution in [1.29, 1.82) is 0 Å². The topological polar surface area (TPSA) is 55.6 Å². The molecule has 1 aromatic heterocycles. The summed E-state index contributed by atoms with van der Waals surface area (Å²) < 4.78 is 0. The highest BCUT2D eigenvalue weighted by atomic mass is 35.5. The van der Waals surface area contributed by atoms with Gasteiger partial charge in [0.2, 0.25) is 0 Å². The van der Waals surface area contributed by atoms with E-state index in [0.29, 0.717) is 0 Å². The van der Waals surface area contributed by atoms with Crippen LogP contribution in [0.5, 0.6) is 0 Å². The van der Waals surface area contributed by atoms with Gasteiger partial charge in [0.15, 0.2) is 6.33 Å². The van der Waals surface area contributed by atoms with Gasteiger partial charge in [-0.2, -0.15) is 4.80 Å². The molecule has 1 atom stereocenters. The van der Waals surface area contributed by atoms with E-state index in [9.17, 15) is 0 Å². The Morgan fingerprint density at radius 1 is 1.47 bits per heavy atom. The second kappa shape index (κ2) is 5.75. The van der Waals surface area contributed by atoms with Crippen molar-refractivity contribution in [3.63, 3.8) is 0 Å². The van der Waals surface area contributed by atoms with E-state index in [4.69, 9.17) is 11.6 Å². The van der Waals surface area contributed by atoms with Crippen LogP contribution < -0.4 is 5.32 Å². The van der Waals surface area contributed by atoms with E-state index in [1.54, 1.807) is 4.80 Å². The largest absolute Gasteiger partial charge is 0.320 e. The SMILES string of the molecule is CNCCC(c1cccc(Cl)c1)n1ncnn1. The molecule has 1 unspecified atom stereocenters. The van der Waals surface area contributed by atoms with Crippen LogP contribution in [0.25, 0.3) is 0 Å². The Morgan fingerprint density at radius 3 is 3.00 bits per heavy atom. The first-order valence-electron chi connectivity index (χ1n) is 5.44. The van der Waals surface area contributed by atoms with Crippen LogP contribution in [0.1, 0.15) is 18.0 Å². The summed E-state index contributed by atoms with van der Waals surface area (Å²) in [4.78, 5) is 1.61. The van der Waals surface area contributed by atoms with E-state index in [1.807, 2.05) is 31.3 Å². The summed E-state index contributed by atoms with van der Waals surface area (Å²) in [7, 11) is 1.92. The average Bonchev–Trinajstić information content (AvgIpc) is 2.83. The number of halogens is 1. The highest BCUT2D eigenvalue weighted by Crippen LogP contribution is 2.22. The van der Waals surface area contributed by atoms with E-state index in [-0.39, 0.29) is 6.04 Å². The number of benzene rings is 1. The fourth-order valence-electron chi connectivity index (χ4n) is 1.73. The maximum absolute atomic E-state index is 6.00. The first-order valence-corrected chi connectivity index (χ1v) is 5.81. The molecule has 90 valence electrons. The van der Waals surface area contributed by atoms with Gasteiger partial charge in [0.1, 0.15) is 0 Å². The maximum Gasteiger partial charge on any atom is 0.162 e. The lowest BCUT2D eigenvalue weighted by Gasteiger charge is -2.15. The molecular formula is C11H14ClN5. The van der Waals surface area contributed by atoms with Gasteiger partial charge in [0.25, 0.3) is 0 Å². The normalized spacial score (nSPS) is 12.6. The van der Waals surface area contributed by atoms with Gasteiger partial charge >= 0.3 is 0 Å². The summed E-state index contributed by atoms with van der Waals surface area (Å²) >= 11 is 6.00. The van der Waals surface area contributed by atoms with Crippen LogP contribution >= 0.6 is 11.6 Å². The molecule has 1 heterocycles. The van der Waals surface area contributed by atoms with Crippen LogP contribution in [0.3, 0.4) is 0 Å². The smallest absolute Gasteiger partial charge is 0.162 e. The predicted molar refractivity (Wildman–Crippen MR) is 66.0 cm³/mol. The van der Waals surface area contributed by atoms with Crippen molar-refractivity contribution in [2.75, 3.05) is 13.6 Å². The number of hydrogen-bond donors (Lipinski definition) is 1. The van der Waals surface area contributed by atoms with Crippen molar-refractivity contribution in [1.82, 2.24) is 25.5 Å². The Kier molecular flexibility index (Phi) is 4.06. The number of tetrazole rings is 1. The first-order chi connectivity index (χ1) is 8.31. The minimum Gasteiger partial charge on any atom is -0.320 e. The van der Waals surface area contributed by atoms with E-state index in [2.05, 4.69) is 20.7 Å². The third-order valence-electron chi connectivity index (χ3n) is 2.54. The molecule has 6 heteroatoms. The molecule has 0 aliphatic heterocycles. The minimum absolute atomic E-state index is 0.0589. The van der Waals surface area contributed by atoms with Crippen LogP contribution in [0.2, 0.25) is 5.02 Å². The zero-order chi connectivity index (χ0) is 12.1. The predicted octanol–water partition coefficient (Wildman–Crippen LogP) is 1.53. The number of aromatic nitrogens is 4. The molecule has 2 aromatic rings. The summed E-state index contributed by atoms with van der Waals surface area (Å²) in [5.41, 5.74) is 1.09. The van der Waals surface area contributed by atoms with Crippen molar-refractivity contribution in [3.8, 4) is 0 Å². The lowest BCUT2D eigenvalue weighted by Crippen LogP contribution is -2.19. The number of nitrogens with one attached hydrogen (secondary N) is 1.